The lowest BCUT2D eigenvalue weighted by atomic mass is 10.1. The summed E-state index contributed by atoms with van der Waals surface area (Å²) >= 11 is 6.20. The van der Waals surface area contributed by atoms with Gasteiger partial charge >= 0.3 is 0 Å². The quantitative estimate of drug-likeness (QED) is 0.839. The first-order valence-corrected chi connectivity index (χ1v) is 7.07. The van der Waals surface area contributed by atoms with E-state index in [1.54, 1.807) is 0 Å². The zero-order chi connectivity index (χ0) is 13.4. The average molecular weight is 280 g/mol. The van der Waals surface area contributed by atoms with Crippen molar-refractivity contribution in [3.8, 4) is 0 Å². The Morgan fingerprint density at radius 3 is 3.05 bits per heavy atom. The molecule has 0 bridgehead atoms. The summed E-state index contributed by atoms with van der Waals surface area (Å²) in [6.07, 6.45) is 1.69. The smallest absolute Gasteiger partial charge is 0.222 e. The van der Waals surface area contributed by atoms with Crippen molar-refractivity contribution < 1.29 is 4.79 Å². The fourth-order valence-corrected chi connectivity index (χ4v) is 3.21. The summed E-state index contributed by atoms with van der Waals surface area (Å²) < 4.78 is 0. The molecule has 0 saturated carbocycles. The number of hydrogen-bond acceptors (Lipinski definition) is 3. The van der Waals surface area contributed by atoms with Gasteiger partial charge in [0.15, 0.2) is 0 Å². The number of fused-ring (bicyclic) bond motifs is 1. The third kappa shape index (κ3) is 2.55. The SMILES string of the molecule is Nc1ccc(Cl)c(CN2CCN3C(=O)CCC3C2)c1. The summed E-state index contributed by atoms with van der Waals surface area (Å²) in [6.45, 7) is 3.50. The number of hydrogen-bond donors (Lipinski definition) is 1. The minimum atomic E-state index is 0.312. The van der Waals surface area contributed by atoms with E-state index in [-0.39, 0.29) is 0 Å². The molecule has 2 heterocycles. The largest absolute Gasteiger partial charge is 0.399 e. The summed E-state index contributed by atoms with van der Waals surface area (Å²) in [5.74, 6) is 0.312. The minimum absolute atomic E-state index is 0.312. The first-order chi connectivity index (χ1) is 9.13. The van der Waals surface area contributed by atoms with Gasteiger partial charge < -0.3 is 10.6 Å². The molecule has 2 N–H and O–H groups in total. The molecule has 1 atom stereocenters. The van der Waals surface area contributed by atoms with Crippen molar-refractivity contribution in [3.63, 3.8) is 0 Å². The highest BCUT2D eigenvalue weighted by Gasteiger charge is 2.35. The maximum absolute atomic E-state index is 11.6. The Bertz CT molecular complexity index is 505. The van der Waals surface area contributed by atoms with Crippen LogP contribution in [0.4, 0.5) is 5.69 Å². The molecule has 102 valence electrons. The molecule has 3 rings (SSSR count). The number of anilines is 1. The summed E-state index contributed by atoms with van der Waals surface area (Å²) in [4.78, 5) is 16.0. The van der Waals surface area contributed by atoms with Crippen LogP contribution in [0.2, 0.25) is 5.02 Å². The van der Waals surface area contributed by atoms with Crippen LogP contribution in [0.25, 0.3) is 0 Å². The predicted molar refractivity (Wildman–Crippen MR) is 75.9 cm³/mol. The minimum Gasteiger partial charge on any atom is -0.399 e. The zero-order valence-corrected chi connectivity index (χ0v) is 11.6. The molecule has 5 heteroatoms. The molecule has 1 unspecified atom stereocenters. The normalized spacial score (nSPS) is 23.7. The monoisotopic (exact) mass is 279 g/mol. The summed E-state index contributed by atoms with van der Waals surface area (Å²) in [7, 11) is 0. The fourth-order valence-electron chi connectivity index (χ4n) is 3.03. The van der Waals surface area contributed by atoms with Crippen molar-refractivity contribution in [2.24, 2.45) is 0 Å². The van der Waals surface area contributed by atoms with Crippen molar-refractivity contribution in [1.29, 1.82) is 0 Å². The second kappa shape index (κ2) is 5.02. The van der Waals surface area contributed by atoms with Crippen molar-refractivity contribution in [3.05, 3.63) is 28.8 Å². The highest BCUT2D eigenvalue weighted by Crippen LogP contribution is 2.26. The number of nitrogens with zero attached hydrogens (tertiary/aromatic N) is 2. The van der Waals surface area contributed by atoms with Crippen LogP contribution in [0.15, 0.2) is 18.2 Å². The number of piperazine rings is 1. The molecule has 19 heavy (non-hydrogen) atoms. The van der Waals surface area contributed by atoms with Gasteiger partial charge in [-0.3, -0.25) is 9.69 Å². The van der Waals surface area contributed by atoms with Gasteiger partial charge in [0, 0.05) is 49.4 Å². The standard InChI is InChI=1S/C14H18ClN3O/c15-13-3-1-11(16)7-10(13)8-17-5-6-18-12(9-17)2-4-14(18)19/h1,3,7,12H,2,4-6,8-9,16H2. The van der Waals surface area contributed by atoms with Gasteiger partial charge in [0.05, 0.1) is 0 Å². The topological polar surface area (TPSA) is 49.6 Å². The van der Waals surface area contributed by atoms with Crippen molar-refractivity contribution in [2.75, 3.05) is 25.4 Å². The van der Waals surface area contributed by atoms with Crippen molar-refractivity contribution >= 4 is 23.2 Å². The van der Waals surface area contributed by atoms with E-state index in [1.165, 1.54) is 0 Å². The second-order valence-corrected chi connectivity index (χ2v) is 5.77. The van der Waals surface area contributed by atoms with E-state index in [2.05, 4.69) is 4.90 Å². The van der Waals surface area contributed by atoms with Crippen LogP contribution in [-0.4, -0.2) is 41.4 Å². The summed E-state index contributed by atoms with van der Waals surface area (Å²) in [6, 6.07) is 6.00. The van der Waals surface area contributed by atoms with Gasteiger partial charge in [-0.15, -0.1) is 0 Å². The molecular formula is C14H18ClN3O. The molecule has 2 saturated heterocycles. The molecule has 0 spiro atoms. The van der Waals surface area contributed by atoms with Gasteiger partial charge in [0.2, 0.25) is 5.91 Å². The molecule has 0 radical (unpaired) electrons. The molecule has 2 aliphatic rings. The van der Waals surface area contributed by atoms with Crippen molar-refractivity contribution in [1.82, 2.24) is 9.80 Å². The Balaban J connectivity index is 1.68. The van der Waals surface area contributed by atoms with Crippen LogP contribution >= 0.6 is 11.6 Å². The van der Waals surface area contributed by atoms with E-state index >= 15 is 0 Å². The van der Waals surface area contributed by atoms with E-state index in [4.69, 9.17) is 17.3 Å². The highest BCUT2D eigenvalue weighted by molar-refractivity contribution is 6.31. The number of carbonyl (C=O) groups is 1. The van der Waals surface area contributed by atoms with Gasteiger partial charge in [-0.25, -0.2) is 0 Å². The maximum atomic E-state index is 11.6. The highest BCUT2D eigenvalue weighted by atomic mass is 35.5. The zero-order valence-electron chi connectivity index (χ0n) is 10.8. The Labute approximate surface area is 118 Å². The number of benzene rings is 1. The van der Waals surface area contributed by atoms with Gasteiger partial charge in [0.1, 0.15) is 0 Å². The Morgan fingerprint density at radius 2 is 2.21 bits per heavy atom. The third-order valence-electron chi connectivity index (χ3n) is 4.04. The molecule has 1 amide bonds. The lowest BCUT2D eigenvalue weighted by Crippen LogP contribution is -2.50. The van der Waals surface area contributed by atoms with Gasteiger partial charge in [0.25, 0.3) is 0 Å². The van der Waals surface area contributed by atoms with Crippen LogP contribution < -0.4 is 5.73 Å². The fraction of sp³-hybridized carbons (Fsp3) is 0.500. The second-order valence-electron chi connectivity index (χ2n) is 5.37. The van der Waals surface area contributed by atoms with Gasteiger partial charge in [-0.05, 0) is 30.2 Å². The molecule has 2 fully saturated rings. The first-order valence-electron chi connectivity index (χ1n) is 6.69. The van der Waals surface area contributed by atoms with Crippen LogP contribution in [0.5, 0.6) is 0 Å². The van der Waals surface area contributed by atoms with E-state index in [0.717, 1.165) is 48.9 Å². The van der Waals surface area contributed by atoms with Crippen LogP contribution in [0.3, 0.4) is 0 Å². The number of carbonyl (C=O) groups excluding carboxylic acids is 1. The van der Waals surface area contributed by atoms with Crippen LogP contribution in [0, 0.1) is 0 Å². The lowest BCUT2D eigenvalue weighted by Gasteiger charge is -2.37. The number of nitrogen functional groups attached to an aromatic ring is 1. The molecule has 1 aromatic carbocycles. The number of rotatable bonds is 2. The lowest BCUT2D eigenvalue weighted by molar-refractivity contribution is -0.130. The maximum Gasteiger partial charge on any atom is 0.222 e. The van der Waals surface area contributed by atoms with E-state index < -0.39 is 0 Å². The molecule has 4 nitrogen and oxygen atoms in total. The number of amides is 1. The molecule has 0 aliphatic carbocycles. The van der Waals surface area contributed by atoms with Gasteiger partial charge in [-0.2, -0.15) is 0 Å². The number of halogens is 1. The Kier molecular flexibility index (Phi) is 3.37. The van der Waals surface area contributed by atoms with Crippen LogP contribution in [0.1, 0.15) is 18.4 Å². The predicted octanol–water partition coefficient (Wildman–Crippen LogP) is 1.73. The first kappa shape index (κ1) is 12.8. The number of nitrogens with two attached hydrogens (primary N) is 1. The molecular weight excluding hydrogens is 262 g/mol. The average Bonchev–Trinajstić information content (AvgIpc) is 2.75. The van der Waals surface area contributed by atoms with E-state index in [0.29, 0.717) is 18.4 Å². The molecule has 2 aliphatic heterocycles. The molecule has 1 aromatic rings. The Morgan fingerprint density at radius 1 is 1.37 bits per heavy atom. The summed E-state index contributed by atoms with van der Waals surface area (Å²) in [5, 5.41) is 0.763. The van der Waals surface area contributed by atoms with Crippen molar-refractivity contribution in [2.45, 2.75) is 25.4 Å². The van der Waals surface area contributed by atoms with Crippen LogP contribution in [-0.2, 0) is 11.3 Å². The Hall–Kier alpha value is -1.26. The van der Waals surface area contributed by atoms with E-state index in [1.807, 2.05) is 23.1 Å². The molecule has 0 aromatic heterocycles. The van der Waals surface area contributed by atoms with Gasteiger partial charge in [-0.1, -0.05) is 11.6 Å². The third-order valence-corrected chi connectivity index (χ3v) is 4.41. The van der Waals surface area contributed by atoms with E-state index in [9.17, 15) is 4.79 Å². The summed E-state index contributed by atoms with van der Waals surface area (Å²) in [5.41, 5.74) is 7.62.